The minimum atomic E-state index is 0.0682. The average molecular weight is 222 g/mol. The van der Waals surface area contributed by atoms with Gasteiger partial charge in [-0.1, -0.05) is 13.8 Å². The smallest absolute Gasteiger partial charge is 0.222 e. The molecule has 0 fully saturated rings. The molecule has 16 heavy (non-hydrogen) atoms. The first-order valence-corrected chi connectivity index (χ1v) is 5.83. The number of aryl methyl sites for hydroxylation is 1. The summed E-state index contributed by atoms with van der Waals surface area (Å²) in [6.07, 6.45) is 0.909. The van der Waals surface area contributed by atoms with E-state index in [9.17, 15) is 4.79 Å². The molecule has 0 bridgehead atoms. The van der Waals surface area contributed by atoms with Crippen LogP contribution in [0.3, 0.4) is 0 Å². The van der Waals surface area contributed by atoms with Crippen molar-refractivity contribution in [1.82, 2.24) is 9.88 Å². The van der Waals surface area contributed by atoms with E-state index in [4.69, 9.17) is 0 Å². The summed E-state index contributed by atoms with van der Waals surface area (Å²) in [6.45, 7) is 8.76. The second-order valence-corrected chi connectivity index (χ2v) is 4.65. The SMILES string of the molecule is Cc1cc(CCNC(=O)C(C)C)c(C)n1C. The molecule has 0 aliphatic rings. The molecule has 0 aliphatic carbocycles. The normalized spacial score (nSPS) is 10.9. The molecule has 1 rings (SSSR count). The average Bonchev–Trinajstić information content (AvgIpc) is 2.46. The predicted molar refractivity (Wildman–Crippen MR) is 66.4 cm³/mol. The molecule has 0 radical (unpaired) electrons. The summed E-state index contributed by atoms with van der Waals surface area (Å²) in [5.74, 6) is 0.198. The Morgan fingerprint density at radius 1 is 1.44 bits per heavy atom. The molecule has 1 heterocycles. The van der Waals surface area contributed by atoms with Crippen molar-refractivity contribution in [2.45, 2.75) is 34.1 Å². The molecule has 3 heteroatoms. The first kappa shape index (κ1) is 12.8. The number of amides is 1. The van der Waals surface area contributed by atoms with Gasteiger partial charge in [-0.25, -0.2) is 0 Å². The number of nitrogens with one attached hydrogen (secondary N) is 1. The lowest BCUT2D eigenvalue weighted by Crippen LogP contribution is -2.29. The van der Waals surface area contributed by atoms with Crippen LogP contribution in [-0.4, -0.2) is 17.0 Å². The van der Waals surface area contributed by atoms with Crippen LogP contribution in [0.1, 0.15) is 30.8 Å². The number of aromatic nitrogens is 1. The van der Waals surface area contributed by atoms with Crippen molar-refractivity contribution in [3.8, 4) is 0 Å². The van der Waals surface area contributed by atoms with Crippen LogP contribution in [0.5, 0.6) is 0 Å². The fourth-order valence-corrected chi connectivity index (χ4v) is 1.71. The van der Waals surface area contributed by atoms with Crippen molar-refractivity contribution in [3.05, 3.63) is 23.0 Å². The van der Waals surface area contributed by atoms with Crippen molar-refractivity contribution in [2.75, 3.05) is 6.54 Å². The Balaban J connectivity index is 2.49. The van der Waals surface area contributed by atoms with E-state index >= 15 is 0 Å². The minimum absolute atomic E-state index is 0.0682. The maximum absolute atomic E-state index is 11.4. The number of hydrogen-bond acceptors (Lipinski definition) is 1. The molecule has 0 unspecified atom stereocenters. The third kappa shape index (κ3) is 2.87. The van der Waals surface area contributed by atoms with Crippen LogP contribution in [0.4, 0.5) is 0 Å². The molecule has 1 aromatic heterocycles. The Bertz CT molecular complexity index is 378. The Morgan fingerprint density at radius 2 is 2.06 bits per heavy atom. The van der Waals surface area contributed by atoms with E-state index in [1.807, 2.05) is 13.8 Å². The minimum Gasteiger partial charge on any atom is -0.356 e. The maximum Gasteiger partial charge on any atom is 0.222 e. The van der Waals surface area contributed by atoms with Crippen LogP contribution in [0.15, 0.2) is 6.07 Å². The molecule has 0 spiro atoms. The highest BCUT2D eigenvalue weighted by Gasteiger charge is 2.08. The van der Waals surface area contributed by atoms with Crippen LogP contribution in [0.2, 0.25) is 0 Å². The van der Waals surface area contributed by atoms with E-state index in [-0.39, 0.29) is 11.8 Å². The summed E-state index contributed by atoms with van der Waals surface area (Å²) < 4.78 is 2.18. The molecule has 1 amide bonds. The summed E-state index contributed by atoms with van der Waals surface area (Å²) in [7, 11) is 2.07. The fourth-order valence-electron chi connectivity index (χ4n) is 1.71. The molecule has 1 N–H and O–H groups in total. The van der Waals surface area contributed by atoms with E-state index in [2.05, 4.69) is 36.8 Å². The zero-order valence-electron chi connectivity index (χ0n) is 10.9. The van der Waals surface area contributed by atoms with E-state index < -0.39 is 0 Å². The topological polar surface area (TPSA) is 34.0 Å². The quantitative estimate of drug-likeness (QED) is 0.830. The summed E-state index contributed by atoms with van der Waals surface area (Å²) in [5.41, 5.74) is 3.88. The highest BCUT2D eigenvalue weighted by molar-refractivity contribution is 5.77. The van der Waals surface area contributed by atoms with E-state index in [1.165, 1.54) is 17.0 Å². The second kappa shape index (κ2) is 5.19. The van der Waals surface area contributed by atoms with Gasteiger partial charge in [0.1, 0.15) is 0 Å². The summed E-state index contributed by atoms with van der Waals surface area (Å²) in [5, 5.41) is 2.94. The highest BCUT2D eigenvalue weighted by Crippen LogP contribution is 2.13. The van der Waals surface area contributed by atoms with Crippen LogP contribution in [-0.2, 0) is 18.3 Å². The second-order valence-electron chi connectivity index (χ2n) is 4.65. The Hall–Kier alpha value is -1.25. The molecule has 0 aromatic carbocycles. The largest absolute Gasteiger partial charge is 0.356 e. The van der Waals surface area contributed by atoms with Crippen molar-refractivity contribution in [1.29, 1.82) is 0 Å². The van der Waals surface area contributed by atoms with Crippen LogP contribution >= 0.6 is 0 Å². The highest BCUT2D eigenvalue weighted by atomic mass is 16.1. The van der Waals surface area contributed by atoms with E-state index in [1.54, 1.807) is 0 Å². The van der Waals surface area contributed by atoms with Gasteiger partial charge in [0.25, 0.3) is 0 Å². The van der Waals surface area contributed by atoms with Crippen LogP contribution < -0.4 is 5.32 Å². The van der Waals surface area contributed by atoms with Gasteiger partial charge in [0.15, 0.2) is 0 Å². The number of nitrogens with zero attached hydrogens (tertiary/aromatic N) is 1. The van der Waals surface area contributed by atoms with Crippen molar-refractivity contribution in [3.63, 3.8) is 0 Å². The zero-order valence-corrected chi connectivity index (χ0v) is 10.9. The molecule has 0 saturated carbocycles. The lowest BCUT2D eigenvalue weighted by Gasteiger charge is -2.07. The molecule has 3 nitrogen and oxygen atoms in total. The lowest BCUT2D eigenvalue weighted by atomic mass is 10.1. The van der Waals surface area contributed by atoms with Gasteiger partial charge < -0.3 is 9.88 Å². The summed E-state index contributed by atoms with van der Waals surface area (Å²) in [6, 6.07) is 2.19. The van der Waals surface area contributed by atoms with Gasteiger partial charge in [-0.15, -0.1) is 0 Å². The van der Waals surface area contributed by atoms with Gasteiger partial charge in [0.2, 0.25) is 5.91 Å². The summed E-state index contributed by atoms with van der Waals surface area (Å²) in [4.78, 5) is 11.4. The number of carbonyl (C=O) groups excluding carboxylic acids is 1. The Kier molecular flexibility index (Phi) is 4.16. The van der Waals surface area contributed by atoms with Gasteiger partial charge >= 0.3 is 0 Å². The summed E-state index contributed by atoms with van der Waals surface area (Å²) >= 11 is 0. The van der Waals surface area contributed by atoms with Crippen LogP contribution in [0, 0.1) is 19.8 Å². The Labute approximate surface area is 97.8 Å². The lowest BCUT2D eigenvalue weighted by molar-refractivity contribution is -0.123. The molecule has 1 aromatic rings. The number of hydrogen-bond donors (Lipinski definition) is 1. The predicted octanol–water partition coefficient (Wildman–Crippen LogP) is 1.96. The number of carbonyl (C=O) groups is 1. The van der Waals surface area contributed by atoms with Gasteiger partial charge in [0.05, 0.1) is 0 Å². The van der Waals surface area contributed by atoms with Gasteiger partial charge in [-0.3, -0.25) is 4.79 Å². The molecule has 0 saturated heterocycles. The Morgan fingerprint density at radius 3 is 2.50 bits per heavy atom. The molecular formula is C13H22N2O. The molecule has 90 valence electrons. The third-order valence-corrected chi connectivity index (χ3v) is 3.10. The maximum atomic E-state index is 11.4. The fraction of sp³-hybridized carbons (Fsp3) is 0.615. The van der Waals surface area contributed by atoms with Crippen LogP contribution in [0.25, 0.3) is 0 Å². The van der Waals surface area contributed by atoms with Gasteiger partial charge in [-0.05, 0) is 31.9 Å². The molecule has 0 aliphatic heterocycles. The standard InChI is InChI=1S/C13H22N2O/c1-9(2)13(16)14-7-6-12-8-10(3)15(5)11(12)4/h8-9H,6-7H2,1-5H3,(H,14,16). The van der Waals surface area contributed by atoms with Crippen molar-refractivity contribution in [2.24, 2.45) is 13.0 Å². The van der Waals surface area contributed by atoms with Crippen molar-refractivity contribution >= 4 is 5.91 Å². The first-order valence-electron chi connectivity index (χ1n) is 5.83. The first-order chi connectivity index (χ1) is 7.43. The van der Waals surface area contributed by atoms with Gasteiger partial charge in [0, 0.05) is 30.9 Å². The third-order valence-electron chi connectivity index (χ3n) is 3.10. The van der Waals surface area contributed by atoms with Gasteiger partial charge in [-0.2, -0.15) is 0 Å². The number of rotatable bonds is 4. The van der Waals surface area contributed by atoms with Crippen molar-refractivity contribution < 1.29 is 4.79 Å². The monoisotopic (exact) mass is 222 g/mol. The van der Waals surface area contributed by atoms with E-state index in [0.29, 0.717) is 0 Å². The van der Waals surface area contributed by atoms with E-state index in [0.717, 1.165) is 13.0 Å². The molecule has 0 atom stereocenters. The molecular weight excluding hydrogens is 200 g/mol. The zero-order chi connectivity index (χ0) is 12.3.